The summed E-state index contributed by atoms with van der Waals surface area (Å²) in [6.07, 6.45) is 0. The molecule has 7 nitrogen and oxygen atoms in total. The van der Waals surface area contributed by atoms with E-state index in [4.69, 9.17) is 4.74 Å². The van der Waals surface area contributed by atoms with Crippen molar-refractivity contribution in [1.29, 1.82) is 0 Å². The monoisotopic (exact) mass is 438 g/mol. The molecule has 0 aliphatic carbocycles. The molecule has 2 N–H and O–H groups in total. The fraction of sp³-hybridized carbons (Fsp3) is 0.130. The highest BCUT2D eigenvalue weighted by Gasteiger charge is 2.16. The average Bonchev–Trinajstić information content (AvgIpc) is 2.76. The van der Waals surface area contributed by atoms with Crippen LogP contribution in [0.2, 0.25) is 0 Å². The van der Waals surface area contributed by atoms with E-state index in [2.05, 4.69) is 10.0 Å². The summed E-state index contributed by atoms with van der Waals surface area (Å²) >= 11 is 0. The second-order valence-corrected chi connectivity index (χ2v) is 8.61. The van der Waals surface area contributed by atoms with Crippen LogP contribution in [0.5, 0.6) is 0 Å². The van der Waals surface area contributed by atoms with Crippen LogP contribution in [0.4, 0.5) is 11.4 Å². The number of hydrogen-bond acceptors (Lipinski definition) is 5. The van der Waals surface area contributed by atoms with E-state index in [1.54, 1.807) is 55.5 Å². The maximum atomic E-state index is 12.7. The Morgan fingerprint density at radius 1 is 0.806 bits per heavy atom. The van der Waals surface area contributed by atoms with Crippen molar-refractivity contribution in [3.63, 3.8) is 0 Å². The maximum Gasteiger partial charge on any atom is 0.337 e. The predicted octanol–water partition coefficient (Wildman–Crippen LogP) is 4.14. The van der Waals surface area contributed by atoms with Gasteiger partial charge in [0.2, 0.25) is 0 Å². The van der Waals surface area contributed by atoms with Crippen molar-refractivity contribution in [1.82, 2.24) is 0 Å². The molecule has 3 aromatic carbocycles. The summed E-state index contributed by atoms with van der Waals surface area (Å²) in [6.45, 7) is 3.52. The summed E-state index contributed by atoms with van der Waals surface area (Å²) in [5.41, 5.74) is 2.91. The summed E-state index contributed by atoms with van der Waals surface area (Å²) in [7, 11) is -2.44. The van der Waals surface area contributed by atoms with E-state index in [0.29, 0.717) is 28.1 Å². The molecule has 1 amide bonds. The van der Waals surface area contributed by atoms with Crippen LogP contribution >= 0.6 is 0 Å². The van der Waals surface area contributed by atoms with Gasteiger partial charge in [-0.3, -0.25) is 9.52 Å². The number of esters is 1. The number of hydrogen-bond donors (Lipinski definition) is 2. The van der Waals surface area contributed by atoms with Gasteiger partial charge in [-0.25, -0.2) is 13.2 Å². The van der Waals surface area contributed by atoms with Gasteiger partial charge in [-0.15, -0.1) is 0 Å². The zero-order chi connectivity index (χ0) is 22.6. The molecule has 0 bridgehead atoms. The Kier molecular flexibility index (Phi) is 6.41. The summed E-state index contributed by atoms with van der Waals surface area (Å²) in [6, 6.07) is 17.6. The SMILES string of the molecule is COC(=O)c1ccc(C)c(NC(=O)c2ccc(NS(=O)(=O)c3ccccc3)c(C)c2)c1. The van der Waals surface area contributed by atoms with E-state index >= 15 is 0 Å². The number of carbonyl (C=O) groups is 2. The number of benzene rings is 3. The molecular weight excluding hydrogens is 416 g/mol. The normalized spacial score (nSPS) is 10.9. The third-order valence-electron chi connectivity index (χ3n) is 4.69. The Balaban J connectivity index is 1.80. The number of carbonyl (C=O) groups excluding carboxylic acids is 2. The molecule has 3 aromatic rings. The first-order valence-corrected chi connectivity index (χ1v) is 10.9. The highest BCUT2D eigenvalue weighted by atomic mass is 32.2. The van der Waals surface area contributed by atoms with Crippen LogP contribution < -0.4 is 10.0 Å². The van der Waals surface area contributed by atoms with Crippen molar-refractivity contribution in [3.05, 3.63) is 89.0 Å². The van der Waals surface area contributed by atoms with Crippen LogP contribution in [0, 0.1) is 13.8 Å². The zero-order valence-electron chi connectivity index (χ0n) is 17.3. The number of amides is 1. The molecule has 0 spiro atoms. The molecule has 0 unspecified atom stereocenters. The second-order valence-electron chi connectivity index (χ2n) is 6.92. The van der Waals surface area contributed by atoms with Gasteiger partial charge in [0.05, 0.1) is 23.3 Å². The minimum absolute atomic E-state index is 0.150. The number of aryl methyl sites for hydroxylation is 2. The highest BCUT2D eigenvalue weighted by molar-refractivity contribution is 7.92. The minimum atomic E-state index is -3.73. The number of nitrogens with one attached hydrogen (secondary N) is 2. The Labute approximate surface area is 181 Å². The van der Waals surface area contributed by atoms with E-state index in [9.17, 15) is 18.0 Å². The zero-order valence-corrected chi connectivity index (χ0v) is 18.1. The van der Waals surface area contributed by atoms with E-state index < -0.39 is 16.0 Å². The van der Waals surface area contributed by atoms with Gasteiger partial charge >= 0.3 is 5.97 Å². The lowest BCUT2D eigenvalue weighted by Gasteiger charge is -2.13. The number of rotatable bonds is 6. The summed E-state index contributed by atoms with van der Waals surface area (Å²) in [4.78, 5) is 24.6. The van der Waals surface area contributed by atoms with Gasteiger partial charge in [0.25, 0.3) is 15.9 Å². The second kappa shape index (κ2) is 9.01. The first-order chi connectivity index (χ1) is 14.7. The van der Waals surface area contributed by atoms with E-state index in [1.807, 2.05) is 6.92 Å². The first-order valence-electron chi connectivity index (χ1n) is 9.40. The lowest BCUT2D eigenvalue weighted by molar-refractivity contribution is 0.0600. The molecular formula is C23H22N2O5S. The molecule has 0 atom stereocenters. The summed E-state index contributed by atoms with van der Waals surface area (Å²) in [5.74, 6) is -0.882. The molecule has 0 aliphatic rings. The molecule has 0 heterocycles. The van der Waals surface area contributed by atoms with Gasteiger partial charge in [0, 0.05) is 11.3 Å². The topological polar surface area (TPSA) is 102 Å². The molecule has 3 rings (SSSR count). The van der Waals surface area contributed by atoms with Crippen LogP contribution in [0.15, 0.2) is 71.6 Å². The molecule has 0 radical (unpaired) electrons. The van der Waals surface area contributed by atoms with Crippen LogP contribution in [-0.2, 0) is 14.8 Å². The maximum absolute atomic E-state index is 12.7. The summed E-state index contributed by atoms with van der Waals surface area (Å²) in [5, 5.41) is 2.78. The molecule has 31 heavy (non-hydrogen) atoms. The van der Waals surface area contributed by atoms with Gasteiger partial charge in [-0.2, -0.15) is 0 Å². The lowest BCUT2D eigenvalue weighted by Crippen LogP contribution is -2.16. The van der Waals surface area contributed by atoms with E-state index in [-0.39, 0.29) is 10.8 Å². The van der Waals surface area contributed by atoms with Gasteiger partial charge in [-0.1, -0.05) is 24.3 Å². The number of sulfonamides is 1. The Hall–Kier alpha value is -3.65. The van der Waals surface area contributed by atoms with Crippen LogP contribution in [0.3, 0.4) is 0 Å². The fourth-order valence-corrected chi connectivity index (χ4v) is 4.07. The van der Waals surface area contributed by atoms with Crippen molar-refractivity contribution in [3.8, 4) is 0 Å². The standard InChI is InChI=1S/C23H22N2O5S/c1-15-9-10-18(23(27)30-3)14-21(15)24-22(26)17-11-12-20(16(2)13-17)25-31(28,29)19-7-5-4-6-8-19/h4-14,25H,1-3H3,(H,24,26). The van der Waals surface area contributed by atoms with Crippen molar-refractivity contribution >= 4 is 33.3 Å². The van der Waals surface area contributed by atoms with Crippen LogP contribution in [0.1, 0.15) is 31.8 Å². The molecule has 0 fully saturated rings. The quantitative estimate of drug-likeness (QED) is 0.563. The summed E-state index contributed by atoms with van der Waals surface area (Å²) < 4.78 is 32.3. The van der Waals surface area contributed by atoms with Crippen molar-refractivity contribution in [2.75, 3.05) is 17.1 Å². The molecule has 0 saturated carbocycles. The average molecular weight is 439 g/mol. The first kappa shape index (κ1) is 22.0. The molecule has 160 valence electrons. The number of anilines is 2. The minimum Gasteiger partial charge on any atom is -0.465 e. The number of ether oxygens (including phenoxy) is 1. The van der Waals surface area contributed by atoms with Gasteiger partial charge in [0.15, 0.2) is 0 Å². The Bertz CT molecular complexity index is 1240. The Morgan fingerprint density at radius 3 is 2.13 bits per heavy atom. The van der Waals surface area contributed by atoms with Crippen LogP contribution in [-0.4, -0.2) is 27.4 Å². The van der Waals surface area contributed by atoms with E-state index in [1.165, 1.54) is 25.3 Å². The fourth-order valence-electron chi connectivity index (χ4n) is 2.92. The van der Waals surface area contributed by atoms with Gasteiger partial charge in [0.1, 0.15) is 0 Å². The third kappa shape index (κ3) is 5.10. The predicted molar refractivity (Wildman–Crippen MR) is 119 cm³/mol. The smallest absolute Gasteiger partial charge is 0.337 e. The van der Waals surface area contributed by atoms with Gasteiger partial charge in [-0.05, 0) is 67.4 Å². The third-order valence-corrected chi connectivity index (χ3v) is 6.07. The number of methoxy groups -OCH3 is 1. The Morgan fingerprint density at radius 2 is 1.48 bits per heavy atom. The van der Waals surface area contributed by atoms with E-state index in [0.717, 1.165) is 5.56 Å². The van der Waals surface area contributed by atoms with Gasteiger partial charge < -0.3 is 10.1 Å². The molecule has 0 aliphatic heterocycles. The van der Waals surface area contributed by atoms with Crippen LogP contribution in [0.25, 0.3) is 0 Å². The molecule has 8 heteroatoms. The molecule has 0 saturated heterocycles. The van der Waals surface area contributed by atoms with Crippen molar-refractivity contribution in [2.45, 2.75) is 18.7 Å². The van der Waals surface area contributed by atoms with Crippen molar-refractivity contribution < 1.29 is 22.7 Å². The lowest BCUT2D eigenvalue weighted by atomic mass is 10.1. The highest BCUT2D eigenvalue weighted by Crippen LogP contribution is 2.23. The molecule has 0 aromatic heterocycles. The largest absolute Gasteiger partial charge is 0.465 e. The van der Waals surface area contributed by atoms with Crippen molar-refractivity contribution in [2.24, 2.45) is 0 Å².